The third-order valence-electron chi connectivity index (χ3n) is 3.64. The lowest BCUT2D eigenvalue weighted by Crippen LogP contribution is -2.13. The molecule has 4 nitrogen and oxygen atoms in total. The van der Waals surface area contributed by atoms with Crippen LogP contribution in [0.3, 0.4) is 0 Å². The van der Waals surface area contributed by atoms with Crippen molar-refractivity contribution in [1.82, 2.24) is 0 Å². The molecule has 0 aliphatic heterocycles. The van der Waals surface area contributed by atoms with Crippen molar-refractivity contribution < 1.29 is 9.53 Å². The van der Waals surface area contributed by atoms with Crippen molar-refractivity contribution in [2.75, 3.05) is 17.7 Å². The summed E-state index contributed by atoms with van der Waals surface area (Å²) >= 11 is 0. The van der Waals surface area contributed by atoms with Crippen molar-refractivity contribution in [2.45, 2.75) is 33.1 Å². The van der Waals surface area contributed by atoms with Crippen LogP contribution in [0.1, 0.15) is 42.1 Å². The topological polar surface area (TPSA) is 64.3 Å². The summed E-state index contributed by atoms with van der Waals surface area (Å²) in [6.45, 7) is 4.81. The number of carbonyl (C=O) groups is 1. The van der Waals surface area contributed by atoms with E-state index in [4.69, 9.17) is 10.5 Å². The van der Waals surface area contributed by atoms with Gasteiger partial charge < -0.3 is 15.8 Å². The second-order valence-corrected chi connectivity index (χ2v) is 5.61. The molecule has 122 valence electrons. The largest absolute Gasteiger partial charge is 0.494 e. The third kappa shape index (κ3) is 5.02. The van der Waals surface area contributed by atoms with Crippen LogP contribution in [0.25, 0.3) is 0 Å². The summed E-state index contributed by atoms with van der Waals surface area (Å²) < 4.78 is 5.65. The molecule has 0 aliphatic rings. The highest BCUT2D eigenvalue weighted by Gasteiger charge is 2.08. The summed E-state index contributed by atoms with van der Waals surface area (Å²) in [5.74, 6) is 0.633. The smallest absolute Gasteiger partial charge is 0.255 e. The number of rotatable bonds is 7. The van der Waals surface area contributed by atoms with Gasteiger partial charge in [-0.05, 0) is 55.3 Å². The van der Waals surface area contributed by atoms with E-state index in [9.17, 15) is 4.79 Å². The molecule has 0 spiro atoms. The van der Waals surface area contributed by atoms with Gasteiger partial charge in [0.2, 0.25) is 0 Å². The Morgan fingerprint density at radius 3 is 2.57 bits per heavy atom. The zero-order valence-electron chi connectivity index (χ0n) is 13.8. The molecule has 2 aromatic rings. The summed E-state index contributed by atoms with van der Waals surface area (Å²) in [5, 5.41) is 2.89. The van der Waals surface area contributed by atoms with Crippen LogP contribution in [0, 0.1) is 6.92 Å². The quantitative estimate of drug-likeness (QED) is 0.588. The Balaban J connectivity index is 1.96. The van der Waals surface area contributed by atoms with E-state index >= 15 is 0 Å². The van der Waals surface area contributed by atoms with Gasteiger partial charge in [-0.3, -0.25) is 4.79 Å². The number of nitrogens with two attached hydrogens (primary N) is 1. The van der Waals surface area contributed by atoms with Crippen molar-refractivity contribution in [3.63, 3.8) is 0 Å². The third-order valence-corrected chi connectivity index (χ3v) is 3.64. The number of carbonyl (C=O) groups excluding carboxylic acids is 1. The minimum Gasteiger partial charge on any atom is -0.494 e. The molecule has 2 rings (SSSR count). The minimum atomic E-state index is -0.156. The number of anilines is 2. The Morgan fingerprint density at radius 2 is 1.87 bits per heavy atom. The first kappa shape index (κ1) is 16.9. The molecule has 0 saturated carbocycles. The zero-order valence-corrected chi connectivity index (χ0v) is 13.8. The summed E-state index contributed by atoms with van der Waals surface area (Å²) in [4.78, 5) is 12.3. The molecule has 1 amide bonds. The minimum absolute atomic E-state index is 0.156. The maximum absolute atomic E-state index is 12.3. The van der Waals surface area contributed by atoms with Gasteiger partial charge in [-0.25, -0.2) is 0 Å². The molecule has 4 heteroatoms. The summed E-state index contributed by atoms with van der Waals surface area (Å²) in [5.41, 5.74) is 8.69. The van der Waals surface area contributed by atoms with Gasteiger partial charge in [0, 0.05) is 16.9 Å². The molecule has 3 N–H and O–H groups in total. The van der Waals surface area contributed by atoms with Gasteiger partial charge in [-0.1, -0.05) is 25.8 Å². The number of nitrogens with one attached hydrogen (secondary N) is 1. The number of nitrogen functional groups attached to an aromatic ring is 1. The zero-order chi connectivity index (χ0) is 16.7. The monoisotopic (exact) mass is 312 g/mol. The van der Waals surface area contributed by atoms with Crippen molar-refractivity contribution >= 4 is 17.3 Å². The van der Waals surface area contributed by atoms with E-state index in [1.807, 2.05) is 31.2 Å². The van der Waals surface area contributed by atoms with E-state index < -0.39 is 0 Å². The molecular formula is C19H24N2O2. The van der Waals surface area contributed by atoms with E-state index in [1.165, 1.54) is 12.8 Å². The maximum atomic E-state index is 12.3. The highest BCUT2D eigenvalue weighted by atomic mass is 16.5. The molecule has 0 fully saturated rings. The SMILES string of the molecule is CCCCCOc1ccc(C(=O)Nc2cc(N)ccc2C)cc1. The van der Waals surface area contributed by atoms with Crippen LogP contribution in [0.15, 0.2) is 42.5 Å². The van der Waals surface area contributed by atoms with E-state index in [0.717, 1.165) is 23.4 Å². The van der Waals surface area contributed by atoms with Gasteiger partial charge in [0.1, 0.15) is 5.75 Å². The van der Waals surface area contributed by atoms with Gasteiger partial charge in [0.05, 0.1) is 6.61 Å². The molecule has 2 aromatic carbocycles. The lowest BCUT2D eigenvalue weighted by atomic mass is 10.1. The first-order chi connectivity index (χ1) is 11.1. The Bertz CT molecular complexity index is 651. The van der Waals surface area contributed by atoms with Crippen LogP contribution in [-0.2, 0) is 0 Å². The molecule has 0 aromatic heterocycles. The fraction of sp³-hybridized carbons (Fsp3) is 0.316. The normalized spacial score (nSPS) is 10.3. The number of hydrogen-bond acceptors (Lipinski definition) is 3. The second-order valence-electron chi connectivity index (χ2n) is 5.61. The fourth-order valence-corrected chi connectivity index (χ4v) is 2.21. The lowest BCUT2D eigenvalue weighted by Gasteiger charge is -2.10. The molecule has 0 atom stereocenters. The van der Waals surface area contributed by atoms with Crippen LogP contribution in [0.2, 0.25) is 0 Å². The standard InChI is InChI=1S/C19H24N2O2/c1-3-4-5-12-23-17-10-7-15(8-11-17)19(22)21-18-13-16(20)9-6-14(18)2/h6-11,13H,3-5,12,20H2,1-2H3,(H,21,22). The van der Waals surface area contributed by atoms with Crippen LogP contribution >= 0.6 is 0 Å². The van der Waals surface area contributed by atoms with Gasteiger partial charge >= 0.3 is 0 Å². The number of benzene rings is 2. The van der Waals surface area contributed by atoms with Crippen LogP contribution in [0.4, 0.5) is 11.4 Å². The van der Waals surface area contributed by atoms with Crippen LogP contribution < -0.4 is 15.8 Å². The van der Waals surface area contributed by atoms with Gasteiger partial charge in [0.15, 0.2) is 0 Å². The van der Waals surface area contributed by atoms with Crippen molar-refractivity contribution in [1.29, 1.82) is 0 Å². The average Bonchev–Trinajstić information content (AvgIpc) is 2.55. The molecule has 23 heavy (non-hydrogen) atoms. The fourth-order valence-electron chi connectivity index (χ4n) is 2.21. The number of aryl methyl sites for hydroxylation is 1. The van der Waals surface area contributed by atoms with Gasteiger partial charge in [-0.2, -0.15) is 0 Å². The van der Waals surface area contributed by atoms with Crippen LogP contribution in [-0.4, -0.2) is 12.5 Å². The highest BCUT2D eigenvalue weighted by molar-refractivity contribution is 6.04. The first-order valence-electron chi connectivity index (χ1n) is 8.00. The van der Waals surface area contributed by atoms with Crippen LogP contribution in [0.5, 0.6) is 5.75 Å². The van der Waals surface area contributed by atoms with Crippen molar-refractivity contribution in [2.24, 2.45) is 0 Å². The lowest BCUT2D eigenvalue weighted by molar-refractivity contribution is 0.102. The van der Waals surface area contributed by atoms with E-state index in [-0.39, 0.29) is 5.91 Å². The molecule has 0 heterocycles. The Morgan fingerprint density at radius 1 is 1.13 bits per heavy atom. The molecule has 0 radical (unpaired) electrons. The van der Waals surface area contributed by atoms with Crippen molar-refractivity contribution in [3.05, 3.63) is 53.6 Å². The van der Waals surface area contributed by atoms with Gasteiger partial charge in [0.25, 0.3) is 5.91 Å². The van der Waals surface area contributed by atoms with Gasteiger partial charge in [-0.15, -0.1) is 0 Å². The average molecular weight is 312 g/mol. The van der Waals surface area contributed by atoms with E-state index in [1.54, 1.807) is 18.2 Å². The number of ether oxygens (including phenoxy) is 1. The Hall–Kier alpha value is -2.49. The molecular weight excluding hydrogens is 288 g/mol. The molecule has 0 aliphatic carbocycles. The van der Waals surface area contributed by atoms with E-state index in [2.05, 4.69) is 12.2 Å². The Kier molecular flexibility index (Phi) is 6.03. The second kappa shape index (κ2) is 8.22. The highest BCUT2D eigenvalue weighted by Crippen LogP contribution is 2.20. The predicted molar refractivity (Wildman–Crippen MR) is 95.0 cm³/mol. The molecule has 0 bridgehead atoms. The summed E-state index contributed by atoms with van der Waals surface area (Å²) in [7, 11) is 0. The molecule has 0 saturated heterocycles. The first-order valence-corrected chi connectivity index (χ1v) is 8.00. The Labute approximate surface area is 137 Å². The van der Waals surface area contributed by atoms with E-state index in [0.29, 0.717) is 17.9 Å². The number of unbranched alkanes of at least 4 members (excludes halogenated alkanes) is 2. The maximum Gasteiger partial charge on any atom is 0.255 e. The molecule has 0 unspecified atom stereocenters. The summed E-state index contributed by atoms with van der Waals surface area (Å²) in [6.07, 6.45) is 3.39. The number of amides is 1. The predicted octanol–water partition coefficient (Wildman–Crippen LogP) is 4.40. The van der Waals surface area contributed by atoms with Crippen molar-refractivity contribution in [3.8, 4) is 5.75 Å². The number of hydrogen-bond donors (Lipinski definition) is 2. The summed E-state index contributed by atoms with van der Waals surface area (Å²) in [6, 6.07) is 12.7.